The van der Waals surface area contributed by atoms with E-state index in [-0.39, 0.29) is 18.5 Å². The van der Waals surface area contributed by atoms with Crippen LogP contribution >= 0.6 is 0 Å². The van der Waals surface area contributed by atoms with E-state index in [0.717, 1.165) is 52.9 Å². The van der Waals surface area contributed by atoms with Crippen LogP contribution in [0.5, 0.6) is 5.75 Å². The zero-order chi connectivity index (χ0) is 26.5. The number of anilines is 1. The van der Waals surface area contributed by atoms with E-state index in [1.165, 1.54) is 4.90 Å². The van der Waals surface area contributed by atoms with Gasteiger partial charge in [0.05, 0.1) is 19.1 Å². The van der Waals surface area contributed by atoms with Gasteiger partial charge in [0.2, 0.25) is 21.8 Å². The van der Waals surface area contributed by atoms with Crippen LogP contribution in [0, 0.1) is 13.8 Å². The molecule has 1 aliphatic carbocycles. The first-order valence-corrected chi connectivity index (χ1v) is 14.1. The molecule has 196 valence electrons. The van der Waals surface area contributed by atoms with Gasteiger partial charge in [0.15, 0.2) is 0 Å². The number of sulfonamides is 1. The second-order valence-electron chi connectivity index (χ2n) is 9.55. The van der Waals surface area contributed by atoms with Crippen LogP contribution in [0.15, 0.2) is 42.5 Å². The summed E-state index contributed by atoms with van der Waals surface area (Å²) in [5.74, 6) is -0.00311. The van der Waals surface area contributed by atoms with E-state index in [0.29, 0.717) is 11.4 Å². The van der Waals surface area contributed by atoms with Gasteiger partial charge in [-0.1, -0.05) is 43.2 Å². The average Bonchev–Trinajstić information content (AvgIpc) is 3.34. The quantitative estimate of drug-likeness (QED) is 0.522. The molecule has 0 saturated heterocycles. The summed E-state index contributed by atoms with van der Waals surface area (Å²) >= 11 is 0. The van der Waals surface area contributed by atoms with Crippen molar-refractivity contribution in [2.75, 3.05) is 24.2 Å². The standard InChI is InChI=1S/C27H37N3O5S/c1-19-9-8-10-20(2)26(19)30(36(5,33)34)18-25(31)29(17-22-13-15-24(35-4)16-14-22)21(3)27(32)28-23-11-6-7-12-23/h8-10,13-16,21,23H,6-7,11-12,17-18H2,1-5H3,(H,28,32)/t21-/m1/s1. The Bertz CT molecular complexity index is 1150. The fraction of sp³-hybridized carbons (Fsp3) is 0.481. The van der Waals surface area contributed by atoms with Gasteiger partial charge in [-0.3, -0.25) is 13.9 Å². The summed E-state index contributed by atoms with van der Waals surface area (Å²) in [6.45, 7) is 5.08. The molecule has 0 unspecified atom stereocenters. The van der Waals surface area contributed by atoms with Crippen molar-refractivity contribution in [3.8, 4) is 5.75 Å². The minimum Gasteiger partial charge on any atom is -0.497 e. The van der Waals surface area contributed by atoms with Gasteiger partial charge in [0.1, 0.15) is 18.3 Å². The maximum absolute atomic E-state index is 13.7. The maximum atomic E-state index is 13.7. The molecule has 0 heterocycles. The van der Waals surface area contributed by atoms with Crippen molar-refractivity contribution < 1.29 is 22.7 Å². The lowest BCUT2D eigenvalue weighted by Crippen LogP contribution is -2.52. The van der Waals surface area contributed by atoms with E-state index in [4.69, 9.17) is 4.74 Å². The lowest BCUT2D eigenvalue weighted by Gasteiger charge is -2.33. The van der Waals surface area contributed by atoms with Gasteiger partial charge in [-0.25, -0.2) is 8.42 Å². The number of para-hydroxylation sites is 1. The Morgan fingerprint density at radius 2 is 1.64 bits per heavy atom. The molecule has 1 atom stereocenters. The molecule has 2 amide bonds. The molecular weight excluding hydrogens is 478 g/mol. The predicted octanol–water partition coefficient (Wildman–Crippen LogP) is 3.55. The largest absolute Gasteiger partial charge is 0.497 e. The first-order valence-electron chi connectivity index (χ1n) is 12.3. The van der Waals surface area contributed by atoms with E-state index in [9.17, 15) is 18.0 Å². The van der Waals surface area contributed by atoms with Crippen molar-refractivity contribution in [2.24, 2.45) is 0 Å². The third-order valence-corrected chi connectivity index (χ3v) is 7.86. The molecule has 0 bridgehead atoms. The van der Waals surface area contributed by atoms with Crippen LogP contribution in [0.4, 0.5) is 5.69 Å². The molecule has 1 aliphatic rings. The monoisotopic (exact) mass is 515 g/mol. The zero-order valence-corrected chi connectivity index (χ0v) is 22.6. The fourth-order valence-corrected chi connectivity index (χ4v) is 5.64. The van der Waals surface area contributed by atoms with Gasteiger partial charge in [0.25, 0.3) is 0 Å². The molecule has 0 aliphatic heterocycles. The number of nitrogens with one attached hydrogen (secondary N) is 1. The molecule has 0 aromatic heterocycles. The number of hydrogen-bond donors (Lipinski definition) is 1. The number of aryl methyl sites for hydroxylation is 2. The Hall–Kier alpha value is -3.07. The molecule has 1 N–H and O–H groups in total. The van der Waals surface area contributed by atoms with E-state index in [1.54, 1.807) is 26.2 Å². The molecule has 36 heavy (non-hydrogen) atoms. The summed E-state index contributed by atoms with van der Waals surface area (Å²) in [6.07, 6.45) is 5.11. The number of carbonyl (C=O) groups is 2. The van der Waals surface area contributed by atoms with E-state index in [1.807, 2.05) is 44.2 Å². The van der Waals surface area contributed by atoms with E-state index >= 15 is 0 Å². The molecule has 0 spiro atoms. The molecule has 1 fully saturated rings. The van der Waals surface area contributed by atoms with Gasteiger partial charge in [-0.15, -0.1) is 0 Å². The number of nitrogens with zero attached hydrogens (tertiary/aromatic N) is 2. The van der Waals surface area contributed by atoms with Gasteiger partial charge in [-0.05, 0) is 62.4 Å². The Labute approximate surface area is 214 Å². The van der Waals surface area contributed by atoms with Crippen LogP contribution in [0.1, 0.15) is 49.3 Å². The minimum absolute atomic E-state index is 0.111. The van der Waals surface area contributed by atoms with Crippen LogP contribution in [0.25, 0.3) is 0 Å². The molecule has 0 radical (unpaired) electrons. The average molecular weight is 516 g/mol. The highest BCUT2D eigenvalue weighted by Gasteiger charge is 2.32. The van der Waals surface area contributed by atoms with Crippen LogP contribution in [-0.2, 0) is 26.2 Å². The summed E-state index contributed by atoms with van der Waals surface area (Å²) in [5, 5.41) is 3.07. The molecule has 2 aromatic rings. The van der Waals surface area contributed by atoms with Crippen LogP contribution in [0.3, 0.4) is 0 Å². The van der Waals surface area contributed by atoms with Gasteiger partial charge < -0.3 is 15.0 Å². The normalized spacial score (nSPS) is 14.8. The highest BCUT2D eigenvalue weighted by Crippen LogP contribution is 2.27. The highest BCUT2D eigenvalue weighted by molar-refractivity contribution is 7.92. The van der Waals surface area contributed by atoms with Crippen molar-refractivity contribution in [3.63, 3.8) is 0 Å². The first kappa shape index (κ1) is 27.5. The maximum Gasteiger partial charge on any atom is 0.244 e. The summed E-state index contributed by atoms with van der Waals surface area (Å²) in [7, 11) is -2.19. The Kier molecular flexibility index (Phi) is 9.00. The number of benzene rings is 2. The molecular formula is C27H37N3O5S. The summed E-state index contributed by atoms with van der Waals surface area (Å²) in [4.78, 5) is 28.3. The second kappa shape index (κ2) is 11.8. The van der Waals surface area contributed by atoms with Gasteiger partial charge >= 0.3 is 0 Å². The van der Waals surface area contributed by atoms with Crippen LogP contribution in [0.2, 0.25) is 0 Å². The topological polar surface area (TPSA) is 96.0 Å². The molecule has 3 rings (SSSR count). The van der Waals surface area contributed by atoms with Crippen molar-refractivity contribution in [1.82, 2.24) is 10.2 Å². The zero-order valence-electron chi connectivity index (χ0n) is 21.8. The van der Waals surface area contributed by atoms with Gasteiger partial charge in [-0.2, -0.15) is 0 Å². The predicted molar refractivity (Wildman–Crippen MR) is 142 cm³/mol. The number of hydrogen-bond acceptors (Lipinski definition) is 5. The summed E-state index contributed by atoms with van der Waals surface area (Å²) in [5.41, 5.74) is 2.80. The summed E-state index contributed by atoms with van der Waals surface area (Å²) < 4.78 is 32.0. The third-order valence-electron chi connectivity index (χ3n) is 6.75. The van der Waals surface area contributed by atoms with E-state index in [2.05, 4.69) is 5.32 Å². The van der Waals surface area contributed by atoms with Crippen molar-refractivity contribution >= 4 is 27.5 Å². The van der Waals surface area contributed by atoms with Crippen LogP contribution < -0.4 is 14.4 Å². The van der Waals surface area contributed by atoms with Crippen LogP contribution in [-0.4, -0.2) is 57.1 Å². The Morgan fingerprint density at radius 3 is 2.17 bits per heavy atom. The molecule has 2 aromatic carbocycles. The number of rotatable bonds is 10. The fourth-order valence-electron chi connectivity index (χ4n) is 4.68. The highest BCUT2D eigenvalue weighted by atomic mass is 32.2. The number of amides is 2. The SMILES string of the molecule is COc1ccc(CN(C(=O)CN(c2c(C)cccc2C)S(C)(=O)=O)[C@H](C)C(=O)NC2CCCC2)cc1. The first-order chi connectivity index (χ1) is 17.0. The minimum atomic E-state index is -3.77. The Balaban J connectivity index is 1.91. The lowest BCUT2D eigenvalue weighted by molar-refractivity contribution is -0.139. The Morgan fingerprint density at radius 1 is 1.06 bits per heavy atom. The molecule has 9 heteroatoms. The number of methoxy groups -OCH3 is 1. The van der Waals surface area contributed by atoms with Gasteiger partial charge in [0, 0.05) is 12.6 Å². The van der Waals surface area contributed by atoms with Crippen molar-refractivity contribution in [3.05, 3.63) is 59.2 Å². The van der Waals surface area contributed by atoms with Crippen molar-refractivity contribution in [1.29, 1.82) is 0 Å². The lowest BCUT2D eigenvalue weighted by atomic mass is 10.1. The number of carbonyl (C=O) groups excluding carboxylic acids is 2. The van der Waals surface area contributed by atoms with E-state index < -0.39 is 28.5 Å². The molecule has 1 saturated carbocycles. The smallest absolute Gasteiger partial charge is 0.244 e. The van der Waals surface area contributed by atoms with Crippen molar-refractivity contribution in [2.45, 2.75) is 65.1 Å². The third kappa shape index (κ3) is 6.78. The summed E-state index contributed by atoms with van der Waals surface area (Å²) in [6, 6.07) is 12.1. The molecule has 8 nitrogen and oxygen atoms in total. The number of ether oxygens (including phenoxy) is 1. The second-order valence-corrected chi connectivity index (χ2v) is 11.5.